The molecule has 2 heteroatoms. The number of morpholine rings is 1. The van der Waals surface area contributed by atoms with Crippen molar-refractivity contribution in [3.8, 4) is 0 Å². The second-order valence-electron chi connectivity index (χ2n) is 5.25. The summed E-state index contributed by atoms with van der Waals surface area (Å²) in [5.74, 6) is 0. The molecule has 0 saturated carbocycles. The monoisotopic (exact) mass is 253 g/mol. The van der Waals surface area contributed by atoms with Crippen LogP contribution in [0.2, 0.25) is 0 Å². The molecule has 0 aromatic heterocycles. The van der Waals surface area contributed by atoms with Crippen LogP contribution in [0.5, 0.6) is 0 Å². The highest BCUT2D eigenvalue weighted by Gasteiger charge is 2.33. The quantitative estimate of drug-likeness (QED) is 0.887. The first kappa shape index (κ1) is 12.4. The lowest BCUT2D eigenvalue weighted by molar-refractivity contribution is -0.0765. The second kappa shape index (κ2) is 5.16. The van der Waals surface area contributed by atoms with Crippen LogP contribution in [0.3, 0.4) is 0 Å². The van der Waals surface area contributed by atoms with E-state index in [2.05, 4.69) is 60.8 Å². The van der Waals surface area contributed by atoms with Gasteiger partial charge < -0.3 is 10.1 Å². The molecule has 2 atom stereocenters. The third-order valence-electron chi connectivity index (χ3n) is 3.84. The maximum absolute atomic E-state index is 6.16. The summed E-state index contributed by atoms with van der Waals surface area (Å²) in [6.45, 7) is 3.68. The second-order valence-corrected chi connectivity index (χ2v) is 5.25. The lowest BCUT2D eigenvalue weighted by Gasteiger charge is -2.39. The minimum atomic E-state index is -0.230. The van der Waals surface area contributed by atoms with Crippen LogP contribution in [0.25, 0.3) is 0 Å². The number of hydrogen-bond acceptors (Lipinski definition) is 2. The van der Waals surface area contributed by atoms with Gasteiger partial charge in [0.15, 0.2) is 0 Å². The van der Waals surface area contributed by atoms with E-state index >= 15 is 0 Å². The lowest BCUT2D eigenvalue weighted by atomic mass is 9.93. The van der Waals surface area contributed by atoms with Gasteiger partial charge in [-0.2, -0.15) is 0 Å². The molecule has 1 N–H and O–H groups in total. The maximum atomic E-state index is 6.16. The van der Waals surface area contributed by atoms with E-state index in [1.165, 1.54) is 11.1 Å². The van der Waals surface area contributed by atoms with Gasteiger partial charge in [-0.3, -0.25) is 0 Å². The van der Waals surface area contributed by atoms with Crippen LogP contribution in [0.4, 0.5) is 0 Å². The fourth-order valence-electron chi connectivity index (χ4n) is 2.57. The van der Waals surface area contributed by atoms with E-state index < -0.39 is 0 Å². The Bertz CT molecular complexity index is 515. The third-order valence-corrected chi connectivity index (χ3v) is 3.84. The summed E-state index contributed by atoms with van der Waals surface area (Å²) in [5, 5.41) is 3.60. The summed E-state index contributed by atoms with van der Waals surface area (Å²) in [6, 6.07) is 21.2. The molecular formula is C17H19NO. The van der Waals surface area contributed by atoms with Crippen molar-refractivity contribution in [2.45, 2.75) is 18.6 Å². The van der Waals surface area contributed by atoms with Gasteiger partial charge in [0, 0.05) is 6.54 Å². The van der Waals surface area contributed by atoms with Gasteiger partial charge in [0.25, 0.3) is 0 Å². The zero-order valence-corrected chi connectivity index (χ0v) is 11.2. The van der Waals surface area contributed by atoms with Gasteiger partial charge in [0.2, 0.25) is 0 Å². The van der Waals surface area contributed by atoms with Gasteiger partial charge in [-0.05, 0) is 18.1 Å². The average molecular weight is 253 g/mol. The normalized spacial score (nSPS) is 27.1. The first-order valence-corrected chi connectivity index (χ1v) is 6.76. The SMILES string of the molecule is CC1(c2ccccc2)CNC(c2ccccc2)CO1. The molecule has 2 aromatic carbocycles. The van der Waals surface area contributed by atoms with E-state index in [-0.39, 0.29) is 11.6 Å². The third kappa shape index (κ3) is 2.55. The average Bonchev–Trinajstić information content (AvgIpc) is 2.50. The topological polar surface area (TPSA) is 21.3 Å². The Morgan fingerprint density at radius 1 is 1.00 bits per heavy atom. The van der Waals surface area contributed by atoms with Gasteiger partial charge in [0.1, 0.15) is 5.60 Å². The highest BCUT2D eigenvalue weighted by molar-refractivity contribution is 5.25. The van der Waals surface area contributed by atoms with Crippen LogP contribution in [0, 0.1) is 0 Å². The minimum absolute atomic E-state index is 0.230. The highest BCUT2D eigenvalue weighted by atomic mass is 16.5. The van der Waals surface area contributed by atoms with Crippen LogP contribution in [-0.2, 0) is 10.3 Å². The smallest absolute Gasteiger partial charge is 0.103 e. The van der Waals surface area contributed by atoms with Gasteiger partial charge >= 0.3 is 0 Å². The summed E-state index contributed by atoms with van der Waals surface area (Å²) in [4.78, 5) is 0. The molecule has 2 unspecified atom stereocenters. The molecule has 2 aromatic rings. The van der Waals surface area contributed by atoms with Gasteiger partial charge in [-0.15, -0.1) is 0 Å². The highest BCUT2D eigenvalue weighted by Crippen LogP contribution is 2.30. The van der Waals surface area contributed by atoms with Crippen LogP contribution < -0.4 is 5.32 Å². The summed E-state index contributed by atoms with van der Waals surface area (Å²) in [7, 11) is 0. The van der Waals surface area contributed by atoms with E-state index in [4.69, 9.17) is 4.74 Å². The van der Waals surface area contributed by atoms with Crippen molar-refractivity contribution in [3.63, 3.8) is 0 Å². The molecule has 98 valence electrons. The number of benzene rings is 2. The molecule has 19 heavy (non-hydrogen) atoms. The number of rotatable bonds is 2. The number of hydrogen-bond donors (Lipinski definition) is 1. The van der Waals surface area contributed by atoms with Crippen molar-refractivity contribution in [3.05, 3.63) is 71.8 Å². The van der Waals surface area contributed by atoms with Crippen molar-refractivity contribution < 1.29 is 4.74 Å². The van der Waals surface area contributed by atoms with Gasteiger partial charge in [0.05, 0.1) is 12.6 Å². The molecular weight excluding hydrogens is 234 g/mol. The van der Waals surface area contributed by atoms with Gasteiger partial charge in [-0.1, -0.05) is 60.7 Å². The molecule has 1 aliphatic heterocycles. The van der Waals surface area contributed by atoms with Crippen molar-refractivity contribution in [2.24, 2.45) is 0 Å². The predicted octanol–water partition coefficient (Wildman–Crippen LogP) is 3.26. The van der Waals surface area contributed by atoms with Crippen molar-refractivity contribution in [1.29, 1.82) is 0 Å². The van der Waals surface area contributed by atoms with Crippen molar-refractivity contribution >= 4 is 0 Å². The fraction of sp³-hybridized carbons (Fsp3) is 0.294. The van der Waals surface area contributed by atoms with E-state index in [1.807, 2.05) is 12.1 Å². The summed E-state index contributed by atoms with van der Waals surface area (Å²) < 4.78 is 6.16. The Labute approximate surface area is 114 Å². The molecule has 2 nitrogen and oxygen atoms in total. The Kier molecular flexibility index (Phi) is 3.36. The van der Waals surface area contributed by atoms with Crippen molar-refractivity contribution in [2.75, 3.05) is 13.2 Å². The fourth-order valence-corrected chi connectivity index (χ4v) is 2.57. The van der Waals surface area contributed by atoms with E-state index in [9.17, 15) is 0 Å². The predicted molar refractivity (Wildman–Crippen MR) is 76.9 cm³/mol. The van der Waals surface area contributed by atoms with Gasteiger partial charge in [-0.25, -0.2) is 0 Å². The lowest BCUT2D eigenvalue weighted by Crippen LogP contribution is -2.47. The van der Waals surface area contributed by atoms with E-state index in [0.717, 1.165) is 6.54 Å². The number of ether oxygens (including phenoxy) is 1. The van der Waals surface area contributed by atoms with E-state index in [0.29, 0.717) is 6.61 Å². The van der Waals surface area contributed by atoms with Crippen LogP contribution in [-0.4, -0.2) is 13.2 Å². The summed E-state index contributed by atoms with van der Waals surface area (Å²) >= 11 is 0. The molecule has 3 rings (SSSR count). The zero-order chi connectivity index (χ0) is 13.1. The van der Waals surface area contributed by atoms with Crippen LogP contribution >= 0.6 is 0 Å². The summed E-state index contributed by atoms with van der Waals surface area (Å²) in [6.07, 6.45) is 0. The standard InChI is InChI=1S/C17H19NO/c1-17(15-10-6-3-7-11-15)13-18-16(12-19-17)14-8-4-2-5-9-14/h2-11,16,18H,12-13H2,1H3. The zero-order valence-electron chi connectivity index (χ0n) is 11.2. The molecule has 1 aliphatic rings. The Morgan fingerprint density at radius 2 is 1.63 bits per heavy atom. The Hall–Kier alpha value is -1.64. The molecule has 1 saturated heterocycles. The largest absolute Gasteiger partial charge is 0.367 e. The number of nitrogens with one attached hydrogen (secondary N) is 1. The molecule has 1 fully saturated rings. The molecule has 0 bridgehead atoms. The Morgan fingerprint density at radius 3 is 2.21 bits per heavy atom. The van der Waals surface area contributed by atoms with Crippen LogP contribution in [0.15, 0.2) is 60.7 Å². The summed E-state index contributed by atoms with van der Waals surface area (Å²) in [5.41, 5.74) is 2.29. The van der Waals surface area contributed by atoms with E-state index in [1.54, 1.807) is 0 Å². The first-order chi connectivity index (χ1) is 9.28. The molecule has 0 radical (unpaired) electrons. The molecule has 0 spiro atoms. The van der Waals surface area contributed by atoms with Crippen LogP contribution in [0.1, 0.15) is 24.1 Å². The maximum Gasteiger partial charge on any atom is 0.103 e. The molecule has 0 aliphatic carbocycles. The minimum Gasteiger partial charge on any atom is -0.367 e. The van der Waals surface area contributed by atoms with Crippen molar-refractivity contribution in [1.82, 2.24) is 5.32 Å². The molecule has 1 heterocycles. The molecule has 0 amide bonds. The Balaban J connectivity index is 1.73. The first-order valence-electron chi connectivity index (χ1n) is 6.76.